The highest BCUT2D eigenvalue weighted by Gasteiger charge is 2.23. The second kappa shape index (κ2) is 8.61. The maximum Gasteiger partial charge on any atom is 0.305 e. The fourth-order valence-electron chi connectivity index (χ4n) is 2.17. The Morgan fingerprint density at radius 3 is 2.67 bits per heavy atom. The van der Waals surface area contributed by atoms with Gasteiger partial charge in [0.05, 0.1) is 19.6 Å². The van der Waals surface area contributed by atoms with E-state index in [1.165, 1.54) is 0 Å². The maximum absolute atomic E-state index is 10.9. The Hall–Kier alpha value is -1.63. The summed E-state index contributed by atoms with van der Waals surface area (Å²) in [6.45, 7) is 2.33. The summed E-state index contributed by atoms with van der Waals surface area (Å²) in [5, 5.41) is 31.1. The Morgan fingerprint density at radius 2 is 2.14 bits per heavy atom. The van der Waals surface area contributed by atoms with Crippen LogP contribution in [0.5, 0.6) is 5.75 Å². The molecule has 0 spiro atoms. The fourth-order valence-corrected chi connectivity index (χ4v) is 2.17. The van der Waals surface area contributed by atoms with Crippen molar-refractivity contribution in [3.63, 3.8) is 0 Å². The molecule has 0 heterocycles. The van der Waals surface area contributed by atoms with Crippen LogP contribution in [-0.4, -0.2) is 47.6 Å². The van der Waals surface area contributed by atoms with Gasteiger partial charge in [0, 0.05) is 12.6 Å². The number of carboxylic acid groups (broad SMARTS) is 1. The monoisotopic (exact) mass is 297 g/mol. The van der Waals surface area contributed by atoms with Gasteiger partial charge in [-0.3, -0.25) is 4.79 Å². The van der Waals surface area contributed by atoms with E-state index in [4.69, 9.17) is 14.9 Å². The van der Waals surface area contributed by atoms with Crippen molar-refractivity contribution >= 4 is 5.97 Å². The van der Waals surface area contributed by atoms with Gasteiger partial charge in [0.1, 0.15) is 5.75 Å². The summed E-state index contributed by atoms with van der Waals surface area (Å²) in [5.41, 5.74) is 1.51. The van der Waals surface area contributed by atoms with E-state index in [1.54, 1.807) is 25.3 Å². The van der Waals surface area contributed by atoms with Crippen LogP contribution in [0, 0.1) is 6.92 Å². The number of benzene rings is 1. The largest absolute Gasteiger partial charge is 0.496 e. The van der Waals surface area contributed by atoms with Crippen LogP contribution in [0.15, 0.2) is 18.2 Å². The SMILES string of the molecule is COc1ccc(C(O)C(CC(=O)O)NCCCO)cc1C. The number of hydrogen-bond acceptors (Lipinski definition) is 5. The van der Waals surface area contributed by atoms with Gasteiger partial charge in [0.25, 0.3) is 0 Å². The number of carbonyl (C=O) groups is 1. The van der Waals surface area contributed by atoms with Crippen LogP contribution in [-0.2, 0) is 4.79 Å². The standard InChI is InChI=1S/C15H23NO5/c1-10-8-11(4-5-13(10)21-2)15(20)12(9-14(18)19)16-6-3-7-17/h4-5,8,12,15-17,20H,3,6-7,9H2,1-2H3,(H,18,19). The third-order valence-corrected chi connectivity index (χ3v) is 3.28. The lowest BCUT2D eigenvalue weighted by molar-refractivity contribution is -0.138. The first-order valence-electron chi connectivity index (χ1n) is 6.88. The third kappa shape index (κ3) is 5.34. The van der Waals surface area contributed by atoms with E-state index >= 15 is 0 Å². The van der Waals surface area contributed by atoms with E-state index in [-0.39, 0.29) is 13.0 Å². The second-order valence-electron chi connectivity index (χ2n) is 4.91. The molecule has 0 saturated carbocycles. The Bertz CT molecular complexity index is 463. The number of aryl methyl sites for hydroxylation is 1. The number of aliphatic hydroxyl groups excluding tert-OH is 2. The van der Waals surface area contributed by atoms with Crippen LogP contribution >= 0.6 is 0 Å². The van der Waals surface area contributed by atoms with Gasteiger partial charge in [-0.1, -0.05) is 6.07 Å². The molecular weight excluding hydrogens is 274 g/mol. The van der Waals surface area contributed by atoms with Crippen LogP contribution in [0.4, 0.5) is 0 Å². The van der Waals surface area contributed by atoms with Gasteiger partial charge < -0.3 is 25.4 Å². The van der Waals surface area contributed by atoms with Crippen molar-refractivity contribution in [1.29, 1.82) is 0 Å². The van der Waals surface area contributed by atoms with Gasteiger partial charge in [0.15, 0.2) is 0 Å². The molecule has 0 radical (unpaired) electrons. The molecule has 0 saturated heterocycles. The van der Waals surface area contributed by atoms with Gasteiger partial charge in [-0.05, 0) is 43.1 Å². The predicted octanol–water partition coefficient (Wildman–Crippen LogP) is 0.852. The van der Waals surface area contributed by atoms with Crippen LogP contribution in [0.25, 0.3) is 0 Å². The second-order valence-corrected chi connectivity index (χ2v) is 4.91. The zero-order valence-electron chi connectivity index (χ0n) is 12.4. The number of nitrogens with one attached hydrogen (secondary N) is 1. The predicted molar refractivity (Wildman–Crippen MR) is 78.4 cm³/mol. The summed E-state index contributed by atoms with van der Waals surface area (Å²) in [5.74, 6) is -0.269. The molecule has 0 fully saturated rings. The molecule has 1 aromatic rings. The molecule has 0 aliphatic carbocycles. The van der Waals surface area contributed by atoms with Crippen molar-refractivity contribution in [2.75, 3.05) is 20.3 Å². The van der Waals surface area contributed by atoms with Crippen molar-refractivity contribution in [2.45, 2.75) is 31.9 Å². The Kier molecular flexibility index (Phi) is 7.14. The molecule has 118 valence electrons. The zero-order valence-corrected chi connectivity index (χ0v) is 12.4. The average molecular weight is 297 g/mol. The first-order valence-corrected chi connectivity index (χ1v) is 6.88. The molecule has 21 heavy (non-hydrogen) atoms. The molecule has 0 aliphatic rings. The summed E-state index contributed by atoms with van der Waals surface area (Å²) in [6, 6.07) is 4.65. The van der Waals surface area contributed by atoms with E-state index in [1.807, 2.05) is 6.92 Å². The molecule has 1 aromatic carbocycles. The lowest BCUT2D eigenvalue weighted by atomic mass is 9.97. The summed E-state index contributed by atoms with van der Waals surface area (Å²) >= 11 is 0. The van der Waals surface area contributed by atoms with Crippen molar-refractivity contribution in [2.24, 2.45) is 0 Å². The third-order valence-electron chi connectivity index (χ3n) is 3.28. The summed E-state index contributed by atoms with van der Waals surface area (Å²) < 4.78 is 5.17. The number of rotatable bonds is 9. The Morgan fingerprint density at radius 1 is 1.43 bits per heavy atom. The number of hydrogen-bond donors (Lipinski definition) is 4. The minimum Gasteiger partial charge on any atom is -0.496 e. The highest BCUT2D eigenvalue weighted by molar-refractivity contribution is 5.67. The van der Waals surface area contributed by atoms with Gasteiger partial charge in [-0.2, -0.15) is 0 Å². The molecule has 0 aromatic heterocycles. The number of aliphatic hydroxyl groups is 2. The van der Waals surface area contributed by atoms with E-state index in [0.29, 0.717) is 24.3 Å². The molecule has 0 amide bonds. The summed E-state index contributed by atoms with van der Waals surface area (Å²) in [7, 11) is 1.57. The number of aliphatic carboxylic acids is 1. The Balaban J connectivity index is 2.84. The smallest absolute Gasteiger partial charge is 0.305 e. The van der Waals surface area contributed by atoms with Crippen LogP contribution < -0.4 is 10.1 Å². The van der Waals surface area contributed by atoms with E-state index in [0.717, 1.165) is 5.56 Å². The molecule has 6 nitrogen and oxygen atoms in total. The van der Waals surface area contributed by atoms with Crippen LogP contribution in [0.1, 0.15) is 30.1 Å². The highest BCUT2D eigenvalue weighted by atomic mass is 16.5. The highest BCUT2D eigenvalue weighted by Crippen LogP contribution is 2.25. The van der Waals surface area contributed by atoms with Crippen molar-refractivity contribution in [3.05, 3.63) is 29.3 Å². The zero-order chi connectivity index (χ0) is 15.8. The molecule has 4 N–H and O–H groups in total. The van der Waals surface area contributed by atoms with Crippen molar-refractivity contribution in [3.8, 4) is 5.75 Å². The minimum absolute atomic E-state index is 0.0184. The molecule has 2 atom stereocenters. The molecule has 0 bridgehead atoms. The first kappa shape index (κ1) is 17.4. The molecule has 2 unspecified atom stereocenters. The van der Waals surface area contributed by atoms with Gasteiger partial charge >= 0.3 is 5.97 Å². The normalized spacial score (nSPS) is 13.7. The minimum atomic E-state index is -0.985. The van der Waals surface area contributed by atoms with Gasteiger partial charge in [0.2, 0.25) is 0 Å². The summed E-state index contributed by atoms with van der Waals surface area (Å²) in [6.07, 6.45) is -0.633. The van der Waals surface area contributed by atoms with Gasteiger partial charge in [-0.15, -0.1) is 0 Å². The quantitative estimate of drug-likeness (QED) is 0.504. The molecule has 0 aliphatic heterocycles. The van der Waals surface area contributed by atoms with E-state index in [2.05, 4.69) is 5.32 Å². The molecule has 1 rings (SSSR count). The Labute approximate surface area is 124 Å². The maximum atomic E-state index is 10.9. The van der Waals surface area contributed by atoms with Crippen LogP contribution in [0.2, 0.25) is 0 Å². The number of carboxylic acids is 1. The lowest BCUT2D eigenvalue weighted by Crippen LogP contribution is -2.37. The molecular formula is C15H23NO5. The fraction of sp³-hybridized carbons (Fsp3) is 0.533. The number of ether oxygens (including phenoxy) is 1. The number of methoxy groups -OCH3 is 1. The topological polar surface area (TPSA) is 99.0 Å². The lowest BCUT2D eigenvalue weighted by Gasteiger charge is -2.23. The van der Waals surface area contributed by atoms with E-state index in [9.17, 15) is 9.90 Å². The van der Waals surface area contributed by atoms with Gasteiger partial charge in [-0.25, -0.2) is 0 Å². The van der Waals surface area contributed by atoms with Crippen molar-refractivity contribution < 1.29 is 24.9 Å². The van der Waals surface area contributed by atoms with Crippen molar-refractivity contribution in [1.82, 2.24) is 5.32 Å². The summed E-state index contributed by atoms with van der Waals surface area (Å²) in [4.78, 5) is 10.9. The van der Waals surface area contributed by atoms with E-state index < -0.39 is 18.1 Å². The average Bonchev–Trinajstić information content (AvgIpc) is 2.45. The molecule has 6 heteroatoms. The van der Waals surface area contributed by atoms with Crippen LogP contribution in [0.3, 0.4) is 0 Å². The first-order chi connectivity index (χ1) is 9.99.